The van der Waals surface area contributed by atoms with Gasteiger partial charge in [-0.2, -0.15) is 0 Å². The lowest BCUT2D eigenvalue weighted by Crippen LogP contribution is -2.43. The first-order valence-electron chi connectivity index (χ1n) is 8.74. The smallest absolute Gasteiger partial charge is 0.0527 e. The van der Waals surface area contributed by atoms with Crippen molar-refractivity contribution in [2.24, 2.45) is 0 Å². The van der Waals surface area contributed by atoms with E-state index in [1.54, 1.807) is 11.1 Å². The van der Waals surface area contributed by atoms with Gasteiger partial charge in [0.2, 0.25) is 0 Å². The molecule has 1 heterocycles. The number of hydrogen-bond donors (Lipinski definition) is 1. The molecule has 3 rings (SSSR count). The molecule has 1 saturated heterocycles. The predicted molar refractivity (Wildman–Crippen MR) is 87.6 cm³/mol. The van der Waals surface area contributed by atoms with E-state index in [4.69, 9.17) is 0 Å². The van der Waals surface area contributed by atoms with Crippen LogP contribution in [0.15, 0.2) is 24.3 Å². The molecule has 116 valence electrons. The van der Waals surface area contributed by atoms with Crippen LogP contribution in [0.1, 0.15) is 62.5 Å². The topological polar surface area (TPSA) is 23.5 Å². The number of fused-ring (bicyclic) bond motifs is 1. The monoisotopic (exact) mass is 287 g/mol. The Morgan fingerprint density at radius 1 is 1.19 bits per heavy atom. The van der Waals surface area contributed by atoms with Crippen LogP contribution in [0, 0.1) is 0 Å². The van der Waals surface area contributed by atoms with Crippen molar-refractivity contribution in [2.45, 2.75) is 69.9 Å². The number of likely N-dealkylation sites (tertiary alicyclic amines) is 1. The van der Waals surface area contributed by atoms with E-state index in [9.17, 15) is 5.11 Å². The minimum Gasteiger partial charge on any atom is -0.393 e. The van der Waals surface area contributed by atoms with E-state index in [0.29, 0.717) is 12.0 Å². The van der Waals surface area contributed by atoms with Gasteiger partial charge in [-0.3, -0.25) is 4.90 Å². The van der Waals surface area contributed by atoms with Crippen LogP contribution in [0.25, 0.3) is 0 Å². The Labute approximate surface area is 129 Å². The molecule has 1 N–H and O–H groups in total. The van der Waals surface area contributed by atoms with Gasteiger partial charge in [0, 0.05) is 12.6 Å². The van der Waals surface area contributed by atoms with Crippen LogP contribution in [0.2, 0.25) is 0 Å². The summed E-state index contributed by atoms with van der Waals surface area (Å²) in [4.78, 5) is 2.67. The molecular weight excluding hydrogens is 258 g/mol. The molecular formula is C19H29NO. The van der Waals surface area contributed by atoms with Crippen LogP contribution in [0.3, 0.4) is 0 Å². The van der Waals surface area contributed by atoms with Gasteiger partial charge in [0.05, 0.1) is 6.10 Å². The quantitative estimate of drug-likeness (QED) is 0.912. The molecule has 2 heteroatoms. The molecule has 0 saturated carbocycles. The molecule has 21 heavy (non-hydrogen) atoms. The number of hydrogen-bond acceptors (Lipinski definition) is 2. The Bertz CT molecular complexity index is 457. The van der Waals surface area contributed by atoms with Crippen molar-refractivity contribution in [1.29, 1.82) is 0 Å². The summed E-state index contributed by atoms with van der Waals surface area (Å²) in [5, 5.41) is 9.76. The summed E-state index contributed by atoms with van der Waals surface area (Å²) < 4.78 is 0. The second kappa shape index (κ2) is 6.93. The molecule has 2 aliphatic rings. The number of aliphatic hydroxyl groups is 1. The zero-order valence-electron chi connectivity index (χ0n) is 13.3. The largest absolute Gasteiger partial charge is 0.393 e. The highest BCUT2D eigenvalue weighted by molar-refractivity contribution is 5.32. The van der Waals surface area contributed by atoms with Gasteiger partial charge >= 0.3 is 0 Å². The molecule has 2 nitrogen and oxygen atoms in total. The van der Waals surface area contributed by atoms with Gasteiger partial charge in [-0.05, 0) is 69.0 Å². The summed E-state index contributed by atoms with van der Waals surface area (Å²) in [5.41, 5.74) is 3.16. The third-order valence-corrected chi connectivity index (χ3v) is 5.31. The van der Waals surface area contributed by atoms with Crippen LogP contribution >= 0.6 is 0 Å². The number of benzene rings is 1. The van der Waals surface area contributed by atoms with Crippen molar-refractivity contribution < 1.29 is 5.11 Å². The van der Waals surface area contributed by atoms with E-state index < -0.39 is 0 Å². The number of rotatable bonds is 4. The van der Waals surface area contributed by atoms with Gasteiger partial charge in [-0.15, -0.1) is 0 Å². The van der Waals surface area contributed by atoms with E-state index in [1.807, 2.05) is 6.92 Å². The molecule has 3 atom stereocenters. The second-order valence-electron chi connectivity index (χ2n) is 7.02. The fourth-order valence-electron chi connectivity index (χ4n) is 4.29. The van der Waals surface area contributed by atoms with E-state index in [0.717, 1.165) is 6.42 Å². The fourth-order valence-corrected chi connectivity index (χ4v) is 4.29. The summed E-state index contributed by atoms with van der Waals surface area (Å²) in [6, 6.07) is 9.62. The molecule has 0 bridgehead atoms. The third-order valence-electron chi connectivity index (χ3n) is 5.31. The maximum Gasteiger partial charge on any atom is 0.0527 e. The highest BCUT2D eigenvalue weighted by Gasteiger charge is 2.28. The Morgan fingerprint density at radius 3 is 2.90 bits per heavy atom. The highest BCUT2D eigenvalue weighted by Crippen LogP contribution is 2.34. The van der Waals surface area contributed by atoms with Crippen LogP contribution in [-0.4, -0.2) is 35.2 Å². The van der Waals surface area contributed by atoms with Gasteiger partial charge in [0.1, 0.15) is 0 Å². The first kappa shape index (κ1) is 15.1. The zero-order chi connectivity index (χ0) is 14.7. The van der Waals surface area contributed by atoms with E-state index in [1.165, 1.54) is 51.6 Å². The molecule has 3 unspecified atom stereocenters. The summed E-state index contributed by atoms with van der Waals surface area (Å²) in [6.45, 7) is 4.34. The van der Waals surface area contributed by atoms with Gasteiger partial charge in [0.25, 0.3) is 0 Å². The minimum absolute atomic E-state index is 0.172. The van der Waals surface area contributed by atoms with Crippen molar-refractivity contribution in [1.82, 2.24) is 4.90 Å². The number of aryl methyl sites for hydroxylation is 1. The molecule has 0 spiro atoms. The van der Waals surface area contributed by atoms with E-state index >= 15 is 0 Å². The molecule has 1 fully saturated rings. The summed E-state index contributed by atoms with van der Waals surface area (Å²) in [6.07, 6.45) is 8.59. The first-order chi connectivity index (χ1) is 10.2. The van der Waals surface area contributed by atoms with Gasteiger partial charge in [-0.25, -0.2) is 0 Å². The van der Waals surface area contributed by atoms with Crippen molar-refractivity contribution in [3.8, 4) is 0 Å². The number of nitrogens with zero attached hydrogens (tertiary/aromatic N) is 1. The van der Waals surface area contributed by atoms with Gasteiger partial charge in [0.15, 0.2) is 0 Å². The molecule has 0 amide bonds. The van der Waals surface area contributed by atoms with Crippen LogP contribution < -0.4 is 0 Å². The fraction of sp³-hybridized carbons (Fsp3) is 0.684. The SMILES string of the molecule is CC(O)CC1CCCCN1CC1CCCc2ccccc21. The zero-order valence-corrected chi connectivity index (χ0v) is 13.3. The van der Waals surface area contributed by atoms with Crippen molar-refractivity contribution >= 4 is 0 Å². The van der Waals surface area contributed by atoms with Crippen molar-refractivity contribution in [3.63, 3.8) is 0 Å². The summed E-state index contributed by atoms with van der Waals surface area (Å²) >= 11 is 0. The van der Waals surface area contributed by atoms with E-state index in [2.05, 4.69) is 29.2 Å². The Morgan fingerprint density at radius 2 is 2.05 bits per heavy atom. The Balaban J connectivity index is 1.70. The normalized spacial score (nSPS) is 28.1. The van der Waals surface area contributed by atoms with Crippen LogP contribution in [0.5, 0.6) is 0 Å². The van der Waals surface area contributed by atoms with Crippen molar-refractivity contribution in [2.75, 3.05) is 13.1 Å². The number of piperidine rings is 1. The Kier molecular flexibility index (Phi) is 4.97. The third kappa shape index (κ3) is 3.67. The maximum atomic E-state index is 9.76. The average Bonchev–Trinajstić information content (AvgIpc) is 2.49. The highest BCUT2D eigenvalue weighted by atomic mass is 16.3. The molecule has 1 aromatic carbocycles. The average molecular weight is 287 g/mol. The van der Waals surface area contributed by atoms with Crippen LogP contribution in [0.4, 0.5) is 0 Å². The molecule has 0 radical (unpaired) electrons. The lowest BCUT2D eigenvalue weighted by Gasteiger charge is -2.39. The molecule has 1 aromatic rings. The van der Waals surface area contributed by atoms with E-state index in [-0.39, 0.29) is 6.10 Å². The first-order valence-corrected chi connectivity index (χ1v) is 8.74. The standard InChI is InChI=1S/C19H29NO/c1-15(21)13-18-10-4-5-12-20(18)14-17-9-6-8-16-7-2-3-11-19(16)17/h2-3,7,11,15,17-18,21H,4-6,8-10,12-14H2,1H3. The lowest BCUT2D eigenvalue weighted by atomic mass is 9.82. The summed E-state index contributed by atoms with van der Waals surface area (Å²) in [7, 11) is 0. The molecule has 0 aromatic heterocycles. The number of aliphatic hydroxyl groups excluding tert-OH is 1. The Hall–Kier alpha value is -0.860. The van der Waals surface area contributed by atoms with Crippen LogP contribution in [-0.2, 0) is 6.42 Å². The van der Waals surface area contributed by atoms with Crippen molar-refractivity contribution in [3.05, 3.63) is 35.4 Å². The summed E-state index contributed by atoms with van der Waals surface area (Å²) in [5.74, 6) is 0.699. The van der Waals surface area contributed by atoms with Gasteiger partial charge < -0.3 is 5.11 Å². The lowest BCUT2D eigenvalue weighted by molar-refractivity contribution is 0.0808. The molecule has 1 aliphatic carbocycles. The van der Waals surface area contributed by atoms with Gasteiger partial charge in [-0.1, -0.05) is 30.7 Å². The predicted octanol–water partition coefficient (Wildman–Crippen LogP) is 3.73. The maximum absolute atomic E-state index is 9.76. The second-order valence-corrected chi connectivity index (χ2v) is 7.02. The molecule has 1 aliphatic heterocycles. The minimum atomic E-state index is -0.172.